The summed E-state index contributed by atoms with van der Waals surface area (Å²) in [4.78, 5) is 4.68. The molecule has 0 fully saturated rings. The molecule has 0 unspecified atom stereocenters. The molecule has 0 aliphatic rings. The fraction of sp³-hybridized carbons (Fsp3) is 0.381. The summed E-state index contributed by atoms with van der Waals surface area (Å²) in [6, 6.07) is 13.9. The Morgan fingerprint density at radius 3 is 2.86 bits per heavy atom. The summed E-state index contributed by atoms with van der Waals surface area (Å²) in [5.41, 5.74) is 1.94. The minimum absolute atomic E-state index is 0.500. The molecule has 0 aliphatic carbocycles. The average Bonchev–Trinajstić information content (AvgIpc) is 3.12. The van der Waals surface area contributed by atoms with Crippen molar-refractivity contribution >= 4 is 11.6 Å². The lowest BCUT2D eigenvalue weighted by Crippen LogP contribution is -2.37. The molecule has 7 heteroatoms. The van der Waals surface area contributed by atoms with Gasteiger partial charge in [0.1, 0.15) is 5.75 Å². The number of pyridine rings is 1. The molecule has 1 aromatic carbocycles. The van der Waals surface area contributed by atoms with E-state index in [0.717, 1.165) is 35.3 Å². The Labute approximate surface area is 165 Å². The van der Waals surface area contributed by atoms with Crippen molar-refractivity contribution in [3.05, 3.63) is 60.0 Å². The smallest absolute Gasteiger partial charge is 0.191 e. The highest BCUT2D eigenvalue weighted by atomic mass is 16.5. The minimum atomic E-state index is 0.500. The number of aromatic nitrogens is 3. The van der Waals surface area contributed by atoms with Crippen LogP contribution >= 0.6 is 0 Å². The van der Waals surface area contributed by atoms with Crippen LogP contribution in [0.5, 0.6) is 5.75 Å². The predicted octanol–water partition coefficient (Wildman–Crippen LogP) is 3.02. The molecular weight excluding hydrogens is 352 g/mol. The first-order chi connectivity index (χ1) is 13.7. The van der Waals surface area contributed by atoms with E-state index in [1.807, 2.05) is 53.9 Å². The summed E-state index contributed by atoms with van der Waals surface area (Å²) in [6.07, 6.45) is 1.96. The van der Waals surface area contributed by atoms with Gasteiger partial charge in [0, 0.05) is 12.7 Å². The summed E-state index contributed by atoms with van der Waals surface area (Å²) >= 11 is 0. The third kappa shape index (κ3) is 5.45. The molecule has 148 valence electrons. The lowest BCUT2D eigenvalue weighted by molar-refractivity contribution is 0.271. The number of benzene rings is 1. The fourth-order valence-electron chi connectivity index (χ4n) is 2.68. The van der Waals surface area contributed by atoms with E-state index in [2.05, 4.69) is 45.7 Å². The molecule has 2 N–H and O–H groups in total. The number of hydrogen-bond donors (Lipinski definition) is 2. The first-order valence-electron chi connectivity index (χ1n) is 9.68. The second kappa shape index (κ2) is 9.73. The number of nitrogens with one attached hydrogen (secondary N) is 2. The van der Waals surface area contributed by atoms with Gasteiger partial charge < -0.3 is 15.4 Å². The Hall–Kier alpha value is -3.09. The van der Waals surface area contributed by atoms with Crippen LogP contribution in [0.3, 0.4) is 0 Å². The zero-order valence-corrected chi connectivity index (χ0v) is 16.7. The minimum Gasteiger partial charge on any atom is -0.493 e. The third-order valence-corrected chi connectivity index (χ3v) is 4.04. The highest BCUT2D eigenvalue weighted by Crippen LogP contribution is 2.15. The maximum atomic E-state index is 5.80. The van der Waals surface area contributed by atoms with E-state index in [1.165, 1.54) is 0 Å². The van der Waals surface area contributed by atoms with Crippen molar-refractivity contribution in [3.8, 4) is 5.75 Å². The van der Waals surface area contributed by atoms with Crippen molar-refractivity contribution in [3.63, 3.8) is 0 Å². The van der Waals surface area contributed by atoms with Crippen molar-refractivity contribution < 1.29 is 4.74 Å². The molecule has 28 heavy (non-hydrogen) atoms. The van der Waals surface area contributed by atoms with Crippen molar-refractivity contribution in [1.82, 2.24) is 25.2 Å². The zero-order chi connectivity index (χ0) is 19.8. The molecule has 0 atom stereocenters. The highest BCUT2D eigenvalue weighted by Gasteiger charge is 2.06. The van der Waals surface area contributed by atoms with Gasteiger partial charge in [-0.15, -0.1) is 10.2 Å². The van der Waals surface area contributed by atoms with Crippen LogP contribution in [0, 0.1) is 5.92 Å². The Morgan fingerprint density at radius 1 is 1.14 bits per heavy atom. The van der Waals surface area contributed by atoms with E-state index >= 15 is 0 Å². The van der Waals surface area contributed by atoms with Crippen LogP contribution in [0.1, 0.15) is 32.2 Å². The molecule has 0 aliphatic heterocycles. The topological polar surface area (TPSA) is 75.8 Å². The molecule has 3 rings (SSSR count). The van der Waals surface area contributed by atoms with Crippen molar-refractivity contribution in [2.24, 2.45) is 10.9 Å². The van der Waals surface area contributed by atoms with Crippen LogP contribution in [0.15, 0.2) is 53.7 Å². The number of rotatable bonds is 8. The second-order valence-corrected chi connectivity index (χ2v) is 6.95. The third-order valence-electron chi connectivity index (χ3n) is 4.04. The van der Waals surface area contributed by atoms with E-state index in [-0.39, 0.29) is 0 Å². The van der Waals surface area contributed by atoms with E-state index in [1.54, 1.807) is 0 Å². The van der Waals surface area contributed by atoms with Gasteiger partial charge in [-0.25, -0.2) is 4.99 Å². The number of guanidine groups is 1. The molecule has 3 aromatic rings. The summed E-state index contributed by atoms with van der Waals surface area (Å²) in [5, 5.41) is 15.0. The normalized spacial score (nSPS) is 11.8. The molecule has 7 nitrogen and oxygen atoms in total. The van der Waals surface area contributed by atoms with Crippen molar-refractivity contribution in [2.75, 3.05) is 13.2 Å². The SMILES string of the molecule is CCNC(=NCc1cccc(OCC(C)C)c1)NCc1nnc2ccccn12. The number of aliphatic imine (C=N–C) groups is 1. The first kappa shape index (κ1) is 19.7. The van der Waals surface area contributed by atoms with E-state index < -0.39 is 0 Å². The Kier molecular flexibility index (Phi) is 6.84. The molecule has 0 spiro atoms. The van der Waals surface area contributed by atoms with Gasteiger partial charge in [0.15, 0.2) is 17.4 Å². The molecule has 0 saturated heterocycles. The van der Waals surface area contributed by atoms with Gasteiger partial charge in [-0.05, 0) is 42.7 Å². The number of ether oxygens (including phenoxy) is 1. The van der Waals surface area contributed by atoms with Gasteiger partial charge in [-0.1, -0.05) is 32.0 Å². The quantitative estimate of drug-likeness (QED) is 0.464. The van der Waals surface area contributed by atoms with Gasteiger partial charge >= 0.3 is 0 Å². The molecule has 0 radical (unpaired) electrons. The standard InChI is InChI=1S/C21H28N6O/c1-4-22-21(24-14-20-26-25-19-10-5-6-11-27(19)20)23-13-17-8-7-9-18(12-17)28-15-16(2)3/h5-12,16H,4,13-15H2,1-3H3,(H2,22,23,24). The average molecular weight is 380 g/mol. The number of hydrogen-bond acceptors (Lipinski definition) is 4. The van der Waals surface area contributed by atoms with Crippen LogP contribution in [0.25, 0.3) is 5.65 Å². The zero-order valence-electron chi connectivity index (χ0n) is 16.7. The number of nitrogens with zero attached hydrogens (tertiary/aromatic N) is 4. The van der Waals surface area contributed by atoms with Crippen molar-refractivity contribution in [1.29, 1.82) is 0 Å². The lowest BCUT2D eigenvalue weighted by Gasteiger charge is -2.11. The molecule has 0 bridgehead atoms. The van der Waals surface area contributed by atoms with Crippen LogP contribution in [-0.4, -0.2) is 33.7 Å². The first-order valence-corrected chi connectivity index (χ1v) is 9.68. The van der Waals surface area contributed by atoms with E-state index in [9.17, 15) is 0 Å². The maximum absolute atomic E-state index is 5.80. The molecule has 0 amide bonds. The summed E-state index contributed by atoms with van der Waals surface area (Å²) in [6.45, 7) is 8.92. The fourth-order valence-corrected chi connectivity index (χ4v) is 2.68. The van der Waals surface area contributed by atoms with Gasteiger partial charge in [0.05, 0.1) is 19.7 Å². The largest absolute Gasteiger partial charge is 0.493 e. The van der Waals surface area contributed by atoms with Crippen LogP contribution in [0.2, 0.25) is 0 Å². The molecular formula is C21H28N6O. The Balaban J connectivity index is 1.63. The van der Waals surface area contributed by atoms with Crippen LogP contribution < -0.4 is 15.4 Å². The summed E-state index contributed by atoms with van der Waals surface area (Å²) in [5.74, 6) is 2.96. The van der Waals surface area contributed by atoms with Gasteiger partial charge in [-0.3, -0.25) is 4.40 Å². The van der Waals surface area contributed by atoms with E-state index in [4.69, 9.17) is 4.74 Å². The Bertz CT molecular complexity index is 918. The van der Waals surface area contributed by atoms with Crippen molar-refractivity contribution in [2.45, 2.75) is 33.9 Å². The summed E-state index contributed by atoms with van der Waals surface area (Å²) in [7, 11) is 0. The maximum Gasteiger partial charge on any atom is 0.191 e. The second-order valence-electron chi connectivity index (χ2n) is 6.95. The van der Waals surface area contributed by atoms with Crippen LogP contribution in [-0.2, 0) is 13.1 Å². The Morgan fingerprint density at radius 2 is 2.04 bits per heavy atom. The molecule has 2 aromatic heterocycles. The van der Waals surface area contributed by atoms with E-state index in [0.29, 0.717) is 25.6 Å². The highest BCUT2D eigenvalue weighted by molar-refractivity contribution is 5.79. The van der Waals surface area contributed by atoms with Gasteiger partial charge in [0.25, 0.3) is 0 Å². The predicted molar refractivity (Wildman–Crippen MR) is 111 cm³/mol. The van der Waals surface area contributed by atoms with Crippen LogP contribution in [0.4, 0.5) is 0 Å². The van der Waals surface area contributed by atoms with Gasteiger partial charge in [0.2, 0.25) is 0 Å². The summed E-state index contributed by atoms with van der Waals surface area (Å²) < 4.78 is 7.77. The monoisotopic (exact) mass is 380 g/mol. The van der Waals surface area contributed by atoms with Gasteiger partial charge in [-0.2, -0.15) is 0 Å². The molecule has 2 heterocycles. The number of fused-ring (bicyclic) bond motifs is 1. The molecule has 0 saturated carbocycles. The lowest BCUT2D eigenvalue weighted by atomic mass is 10.2.